The van der Waals surface area contributed by atoms with Gasteiger partial charge in [-0.2, -0.15) is 0 Å². The third-order valence-electron chi connectivity index (χ3n) is 4.60. The summed E-state index contributed by atoms with van der Waals surface area (Å²) >= 11 is 0. The normalized spacial score (nSPS) is 26.4. The number of carbonyl (C=O) groups is 1. The number of non-ortho nitro benzene ring substituents is 1. The lowest BCUT2D eigenvalue weighted by molar-refractivity contribution is -0.385. The summed E-state index contributed by atoms with van der Waals surface area (Å²) in [7, 11) is 0. The van der Waals surface area contributed by atoms with E-state index < -0.39 is 22.7 Å². The standard InChI is InChI=1S/C16H20N2O5/c1-16(2)15(20)14(17-8-4-3-5-13(17)19)11-9-10(18(21)22)6-7-12(11)23-16/h6-7,9,14-15,20H,3-5,8H2,1-2H3/t14-,15+/m0/s1. The summed E-state index contributed by atoms with van der Waals surface area (Å²) in [6, 6.07) is 3.70. The van der Waals surface area contributed by atoms with Crippen molar-refractivity contribution in [3.8, 4) is 5.75 Å². The monoisotopic (exact) mass is 320 g/mol. The van der Waals surface area contributed by atoms with Crippen molar-refractivity contribution in [2.75, 3.05) is 6.54 Å². The van der Waals surface area contributed by atoms with Gasteiger partial charge in [0.15, 0.2) is 0 Å². The number of aliphatic hydroxyl groups excluding tert-OH is 1. The molecule has 0 saturated carbocycles. The third kappa shape index (κ3) is 2.65. The first-order valence-corrected chi connectivity index (χ1v) is 7.76. The molecule has 7 nitrogen and oxygen atoms in total. The Morgan fingerprint density at radius 1 is 1.39 bits per heavy atom. The van der Waals surface area contributed by atoms with Gasteiger partial charge in [-0.05, 0) is 32.8 Å². The molecule has 0 spiro atoms. The van der Waals surface area contributed by atoms with Gasteiger partial charge in [0, 0.05) is 30.7 Å². The molecular formula is C16H20N2O5. The molecule has 23 heavy (non-hydrogen) atoms. The lowest BCUT2D eigenvalue weighted by atomic mass is 9.84. The molecule has 3 rings (SSSR count). The van der Waals surface area contributed by atoms with Gasteiger partial charge >= 0.3 is 0 Å². The van der Waals surface area contributed by atoms with Crippen molar-refractivity contribution in [2.45, 2.75) is 50.9 Å². The predicted octanol–water partition coefficient (Wildman–Crippen LogP) is 2.18. The van der Waals surface area contributed by atoms with Crippen LogP contribution in [0.25, 0.3) is 0 Å². The van der Waals surface area contributed by atoms with Gasteiger partial charge in [0.05, 0.1) is 11.0 Å². The largest absolute Gasteiger partial charge is 0.485 e. The number of carbonyl (C=O) groups excluding carboxylic acids is 1. The number of benzene rings is 1. The van der Waals surface area contributed by atoms with Crippen LogP contribution in [0.2, 0.25) is 0 Å². The van der Waals surface area contributed by atoms with E-state index in [9.17, 15) is 20.0 Å². The molecular weight excluding hydrogens is 300 g/mol. The molecule has 2 heterocycles. The predicted molar refractivity (Wildman–Crippen MR) is 82.1 cm³/mol. The molecule has 1 amide bonds. The molecule has 0 bridgehead atoms. The maximum absolute atomic E-state index is 12.3. The Kier molecular flexibility index (Phi) is 3.75. The third-order valence-corrected chi connectivity index (χ3v) is 4.60. The van der Waals surface area contributed by atoms with Crippen molar-refractivity contribution in [2.24, 2.45) is 0 Å². The number of fused-ring (bicyclic) bond motifs is 1. The first-order chi connectivity index (χ1) is 10.8. The molecule has 1 N–H and O–H groups in total. The van der Waals surface area contributed by atoms with Gasteiger partial charge in [-0.15, -0.1) is 0 Å². The summed E-state index contributed by atoms with van der Waals surface area (Å²) in [5.41, 5.74) is -0.457. The van der Waals surface area contributed by atoms with Crippen LogP contribution in [0.5, 0.6) is 5.75 Å². The molecule has 0 unspecified atom stereocenters. The van der Waals surface area contributed by atoms with Crippen molar-refractivity contribution in [1.29, 1.82) is 0 Å². The summed E-state index contributed by atoms with van der Waals surface area (Å²) in [6.07, 6.45) is 1.17. The molecule has 0 aromatic heterocycles. The smallest absolute Gasteiger partial charge is 0.270 e. The van der Waals surface area contributed by atoms with Crippen molar-refractivity contribution in [3.63, 3.8) is 0 Å². The minimum absolute atomic E-state index is 0.0320. The van der Waals surface area contributed by atoms with Gasteiger partial charge in [0.2, 0.25) is 5.91 Å². The zero-order valence-corrected chi connectivity index (χ0v) is 13.2. The average molecular weight is 320 g/mol. The molecule has 1 aromatic carbocycles. The summed E-state index contributed by atoms with van der Waals surface area (Å²) in [4.78, 5) is 24.5. The fourth-order valence-electron chi connectivity index (χ4n) is 3.33. The summed E-state index contributed by atoms with van der Waals surface area (Å²) in [5, 5.41) is 21.8. The molecule has 0 aliphatic carbocycles. The number of nitro benzene ring substituents is 1. The Balaban J connectivity index is 2.11. The fraction of sp³-hybridized carbons (Fsp3) is 0.562. The number of hydrogen-bond donors (Lipinski definition) is 1. The van der Waals surface area contributed by atoms with Crippen molar-refractivity contribution >= 4 is 11.6 Å². The number of hydrogen-bond acceptors (Lipinski definition) is 5. The Hall–Kier alpha value is -2.15. The van der Waals surface area contributed by atoms with Crippen LogP contribution in [0.15, 0.2) is 18.2 Å². The molecule has 2 aliphatic heterocycles. The number of nitro groups is 1. The molecule has 124 valence electrons. The van der Waals surface area contributed by atoms with Crippen LogP contribution in [0, 0.1) is 10.1 Å². The Labute approximate surface area is 134 Å². The molecule has 2 aliphatic rings. The van der Waals surface area contributed by atoms with E-state index in [1.165, 1.54) is 12.1 Å². The van der Waals surface area contributed by atoms with E-state index in [1.54, 1.807) is 24.8 Å². The highest BCUT2D eigenvalue weighted by Gasteiger charge is 2.47. The number of likely N-dealkylation sites (tertiary alicyclic amines) is 1. The van der Waals surface area contributed by atoms with Gasteiger partial charge in [0.25, 0.3) is 5.69 Å². The average Bonchev–Trinajstić information content (AvgIpc) is 2.49. The first-order valence-electron chi connectivity index (χ1n) is 7.76. The Morgan fingerprint density at radius 2 is 2.13 bits per heavy atom. The maximum atomic E-state index is 12.3. The summed E-state index contributed by atoms with van der Waals surface area (Å²) in [5.74, 6) is 0.449. The lowest BCUT2D eigenvalue weighted by Gasteiger charge is -2.47. The second kappa shape index (κ2) is 5.49. The minimum Gasteiger partial charge on any atom is -0.485 e. The van der Waals surface area contributed by atoms with E-state index in [2.05, 4.69) is 0 Å². The minimum atomic E-state index is -0.959. The van der Waals surface area contributed by atoms with Gasteiger partial charge in [-0.3, -0.25) is 14.9 Å². The van der Waals surface area contributed by atoms with Crippen LogP contribution < -0.4 is 4.74 Å². The second-order valence-corrected chi connectivity index (χ2v) is 6.62. The van der Waals surface area contributed by atoms with Gasteiger partial charge in [-0.25, -0.2) is 0 Å². The van der Waals surface area contributed by atoms with E-state index in [4.69, 9.17) is 4.74 Å². The van der Waals surface area contributed by atoms with Gasteiger partial charge in [0.1, 0.15) is 17.5 Å². The van der Waals surface area contributed by atoms with E-state index in [0.717, 1.165) is 12.8 Å². The van der Waals surface area contributed by atoms with Crippen LogP contribution >= 0.6 is 0 Å². The lowest BCUT2D eigenvalue weighted by Crippen LogP contribution is -2.55. The Bertz CT molecular complexity index is 658. The van der Waals surface area contributed by atoms with Gasteiger partial charge < -0.3 is 14.7 Å². The number of rotatable bonds is 2. The van der Waals surface area contributed by atoms with Crippen LogP contribution in [-0.4, -0.2) is 39.1 Å². The molecule has 1 fully saturated rings. The first kappa shape index (κ1) is 15.7. The van der Waals surface area contributed by atoms with Crippen LogP contribution in [0.1, 0.15) is 44.7 Å². The summed E-state index contributed by atoms with van der Waals surface area (Å²) < 4.78 is 5.81. The van der Waals surface area contributed by atoms with E-state index >= 15 is 0 Å². The van der Waals surface area contributed by atoms with Crippen LogP contribution in [0.4, 0.5) is 5.69 Å². The highest BCUT2D eigenvalue weighted by Crippen LogP contribution is 2.44. The van der Waals surface area contributed by atoms with E-state index in [-0.39, 0.29) is 11.6 Å². The zero-order valence-electron chi connectivity index (χ0n) is 13.2. The van der Waals surface area contributed by atoms with Gasteiger partial charge in [-0.1, -0.05) is 0 Å². The second-order valence-electron chi connectivity index (χ2n) is 6.62. The number of piperidine rings is 1. The molecule has 2 atom stereocenters. The molecule has 7 heteroatoms. The van der Waals surface area contributed by atoms with Crippen molar-refractivity contribution in [1.82, 2.24) is 4.90 Å². The number of nitrogens with zero attached hydrogens (tertiary/aromatic N) is 2. The quantitative estimate of drug-likeness (QED) is 0.666. The highest BCUT2D eigenvalue weighted by molar-refractivity contribution is 5.77. The number of ether oxygens (including phenoxy) is 1. The van der Waals surface area contributed by atoms with E-state index in [0.29, 0.717) is 24.3 Å². The molecule has 1 aromatic rings. The topological polar surface area (TPSA) is 92.9 Å². The SMILES string of the molecule is CC1(C)Oc2ccc([N+](=O)[O-])cc2[C@H](N2CCCCC2=O)[C@H]1O. The number of amides is 1. The molecule has 1 saturated heterocycles. The maximum Gasteiger partial charge on any atom is 0.270 e. The van der Waals surface area contributed by atoms with Crippen molar-refractivity contribution in [3.05, 3.63) is 33.9 Å². The number of aliphatic hydroxyl groups is 1. The van der Waals surface area contributed by atoms with Crippen LogP contribution in [-0.2, 0) is 4.79 Å². The highest BCUT2D eigenvalue weighted by atomic mass is 16.6. The Morgan fingerprint density at radius 3 is 2.78 bits per heavy atom. The zero-order chi connectivity index (χ0) is 16.8. The summed E-state index contributed by atoms with van der Waals surface area (Å²) in [6.45, 7) is 4.05. The van der Waals surface area contributed by atoms with Crippen LogP contribution in [0.3, 0.4) is 0 Å². The van der Waals surface area contributed by atoms with E-state index in [1.807, 2.05) is 0 Å². The molecule has 0 radical (unpaired) electrons. The van der Waals surface area contributed by atoms with Crippen molar-refractivity contribution < 1.29 is 19.6 Å². The fourth-order valence-corrected chi connectivity index (χ4v) is 3.33.